The molecule has 0 radical (unpaired) electrons. The Bertz CT molecular complexity index is 413. The lowest BCUT2D eigenvalue weighted by atomic mass is 10.1. The van der Waals surface area contributed by atoms with Crippen molar-refractivity contribution in [3.63, 3.8) is 0 Å². The van der Waals surface area contributed by atoms with E-state index >= 15 is 0 Å². The minimum atomic E-state index is -0.0620. The van der Waals surface area contributed by atoms with E-state index in [1.54, 1.807) is 0 Å². The van der Waals surface area contributed by atoms with E-state index in [2.05, 4.69) is 12.2 Å². The van der Waals surface area contributed by atoms with Gasteiger partial charge >= 0.3 is 0 Å². The van der Waals surface area contributed by atoms with E-state index in [-0.39, 0.29) is 12.3 Å². The molecule has 0 aliphatic carbocycles. The van der Waals surface area contributed by atoms with Gasteiger partial charge in [0.25, 0.3) is 0 Å². The number of nitriles is 1. The van der Waals surface area contributed by atoms with E-state index in [1.165, 1.54) is 17.8 Å². The Morgan fingerprint density at radius 1 is 1.44 bits per heavy atom. The number of rotatable bonds is 5. The molecule has 16 heavy (non-hydrogen) atoms. The number of nitrogens with zero attached hydrogens (tertiary/aromatic N) is 1. The van der Waals surface area contributed by atoms with Gasteiger partial charge in [0.2, 0.25) is 0 Å². The van der Waals surface area contributed by atoms with Gasteiger partial charge in [0.05, 0.1) is 6.07 Å². The molecule has 0 spiro atoms. The van der Waals surface area contributed by atoms with Gasteiger partial charge < -0.3 is 5.32 Å². The first-order valence-electron chi connectivity index (χ1n) is 5.18. The molecular formula is C13H14N2O. The van der Waals surface area contributed by atoms with Crippen LogP contribution in [0, 0.1) is 11.3 Å². The Balaban J connectivity index is 2.59. The van der Waals surface area contributed by atoms with Crippen molar-refractivity contribution in [2.45, 2.75) is 13.3 Å². The molecule has 0 heterocycles. The van der Waals surface area contributed by atoms with Gasteiger partial charge in [0, 0.05) is 17.8 Å². The average molecular weight is 214 g/mol. The molecule has 0 bridgehead atoms. The Morgan fingerprint density at radius 3 is 2.69 bits per heavy atom. The smallest absolute Gasteiger partial charge is 0.187 e. The highest BCUT2D eigenvalue weighted by atomic mass is 16.1. The van der Waals surface area contributed by atoms with Crippen LogP contribution >= 0.6 is 0 Å². The minimum absolute atomic E-state index is 0.0620. The number of ketones is 1. The third-order valence-electron chi connectivity index (χ3n) is 2.18. The molecule has 0 saturated carbocycles. The van der Waals surface area contributed by atoms with Crippen LogP contribution in [0.15, 0.2) is 36.5 Å². The van der Waals surface area contributed by atoms with Crippen LogP contribution in [-0.2, 0) is 6.42 Å². The van der Waals surface area contributed by atoms with Gasteiger partial charge in [0.1, 0.15) is 6.54 Å². The van der Waals surface area contributed by atoms with Crippen molar-refractivity contribution in [3.8, 4) is 6.07 Å². The number of carbonyl (C=O) groups is 1. The van der Waals surface area contributed by atoms with Gasteiger partial charge in [-0.05, 0) is 12.0 Å². The van der Waals surface area contributed by atoms with Crippen molar-refractivity contribution in [3.05, 3.63) is 47.7 Å². The van der Waals surface area contributed by atoms with Gasteiger partial charge in [-0.2, -0.15) is 5.26 Å². The molecule has 0 aliphatic heterocycles. The summed E-state index contributed by atoms with van der Waals surface area (Å²) in [6.07, 6.45) is 3.89. The number of hydrogen-bond acceptors (Lipinski definition) is 3. The van der Waals surface area contributed by atoms with E-state index in [9.17, 15) is 4.79 Å². The second-order valence-corrected chi connectivity index (χ2v) is 3.29. The van der Waals surface area contributed by atoms with Crippen molar-refractivity contribution in [2.24, 2.45) is 0 Å². The van der Waals surface area contributed by atoms with Gasteiger partial charge in [0.15, 0.2) is 5.78 Å². The molecule has 1 aromatic carbocycles. The van der Waals surface area contributed by atoms with Crippen LogP contribution in [0.25, 0.3) is 0 Å². The van der Waals surface area contributed by atoms with Gasteiger partial charge in [-0.1, -0.05) is 31.2 Å². The predicted molar refractivity (Wildman–Crippen MR) is 62.9 cm³/mol. The summed E-state index contributed by atoms with van der Waals surface area (Å²) in [6, 6.07) is 9.45. The van der Waals surface area contributed by atoms with E-state index in [4.69, 9.17) is 5.26 Å². The number of benzene rings is 1. The van der Waals surface area contributed by atoms with Gasteiger partial charge in [-0.15, -0.1) is 0 Å². The summed E-state index contributed by atoms with van der Waals surface area (Å²) in [6.45, 7) is 2.28. The van der Waals surface area contributed by atoms with Crippen molar-refractivity contribution in [1.82, 2.24) is 5.32 Å². The highest BCUT2D eigenvalue weighted by Gasteiger charge is 2.00. The molecule has 0 amide bonds. The first-order valence-corrected chi connectivity index (χ1v) is 5.18. The fourth-order valence-electron chi connectivity index (χ4n) is 1.24. The lowest BCUT2D eigenvalue weighted by Crippen LogP contribution is -2.05. The first kappa shape index (κ1) is 12.0. The Kier molecular flexibility index (Phi) is 4.81. The topological polar surface area (TPSA) is 52.9 Å². The third-order valence-corrected chi connectivity index (χ3v) is 2.18. The number of nitrogens with one attached hydrogen (secondary N) is 1. The van der Waals surface area contributed by atoms with E-state index in [0.29, 0.717) is 5.56 Å². The maximum Gasteiger partial charge on any atom is 0.187 e. The molecular weight excluding hydrogens is 200 g/mol. The zero-order chi connectivity index (χ0) is 11.8. The summed E-state index contributed by atoms with van der Waals surface area (Å²) >= 11 is 0. The van der Waals surface area contributed by atoms with Crippen LogP contribution in [0.3, 0.4) is 0 Å². The number of aryl methyl sites for hydroxylation is 1. The third kappa shape index (κ3) is 3.58. The van der Waals surface area contributed by atoms with Crippen LogP contribution in [0.1, 0.15) is 22.8 Å². The normalized spacial score (nSPS) is 10.0. The lowest BCUT2D eigenvalue weighted by molar-refractivity contribution is 0.104. The standard InChI is InChI=1S/C13H14N2O/c1-2-11-3-5-12(6-4-11)13(16)7-9-15-10-8-14/h3-7,9,15H,2,10H2,1H3/b9-7-. The maximum atomic E-state index is 11.6. The second-order valence-electron chi connectivity index (χ2n) is 3.29. The highest BCUT2D eigenvalue weighted by molar-refractivity contribution is 6.04. The fraction of sp³-hybridized carbons (Fsp3) is 0.231. The monoisotopic (exact) mass is 214 g/mol. The summed E-state index contributed by atoms with van der Waals surface area (Å²) < 4.78 is 0. The van der Waals surface area contributed by atoms with Crippen LogP contribution in [0.4, 0.5) is 0 Å². The van der Waals surface area contributed by atoms with Crippen LogP contribution < -0.4 is 5.32 Å². The Hall–Kier alpha value is -2.08. The van der Waals surface area contributed by atoms with E-state index < -0.39 is 0 Å². The predicted octanol–water partition coefficient (Wildman–Crippen LogP) is 2.06. The SMILES string of the molecule is CCc1ccc(C(=O)/C=C\NCC#N)cc1. The summed E-state index contributed by atoms with van der Waals surface area (Å²) in [5.74, 6) is -0.0620. The molecule has 1 aromatic rings. The zero-order valence-corrected chi connectivity index (χ0v) is 9.23. The molecule has 82 valence electrons. The number of hydrogen-bond donors (Lipinski definition) is 1. The summed E-state index contributed by atoms with van der Waals surface area (Å²) in [5, 5.41) is 11.0. The van der Waals surface area contributed by atoms with E-state index in [1.807, 2.05) is 30.3 Å². The molecule has 0 saturated heterocycles. The van der Waals surface area contributed by atoms with Gasteiger partial charge in [-0.3, -0.25) is 4.79 Å². The Labute approximate surface area is 95.4 Å². The van der Waals surface area contributed by atoms with Crippen molar-refractivity contribution >= 4 is 5.78 Å². The van der Waals surface area contributed by atoms with Crippen molar-refractivity contribution in [1.29, 1.82) is 5.26 Å². The summed E-state index contributed by atoms with van der Waals surface area (Å²) in [5.41, 5.74) is 1.87. The molecule has 1 rings (SSSR count). The first-order chi connectivity index (χ1) is 7.77. The average Bonchev–Trinajstić information content (AvgIpc) is 2.34. The molecule has 3 heteroatoms. The molecule has 0 aliphatic rings. The van der Waals surface area contributed by atoms with Crippen molar-refractivity contribution < 1.29 is 4.79 Å². The van der Waals surface area contributed by atoms with Crippen molar-refractivity contribution in [2.75, 3.05) is 6.54 Å². The maximum absolute atomic E-state index is 11.6. The largest absolute Gasteiger partial charge is 0.378 e. The van der Waals surface area contributed by atoms with E-state index in [0.717, 1.165) is 6.42 Å². The molecule has 0 aromatic heterocycles. The zero-order valence-electron chi connectivity index (χ0n) is 9.23. The second kappa shape index (κ2) is 6.41. The molecule has 0 unspecified atom stereocenters. The molecule has 3 nitrogen and oxygen atoms in total. The van der Waals surface area contributed by atoms with Gasteiger partial charge in [-0.25, -0.2) is 0 Å². The number of carbonyl (C=O) groups excluding carboxylic acids is 1. The lowest BCUT2D eigenvalue weighted by Gasteiger charge is -1.98. The molecule has 0 fully saturated rings. The highest BCUT2D eigenvalue weighted by Crippen LogP contribution is 2.06. The van der Waals surface area contributed by atoms with Crippen LogP contribution in [0.2, 0.25) is 0 Å². The molecule has 1 N–H and O–H groups in total. The molecule has 0 atom stereocenters. The summed E-state index contributed by atoms with van der Waals surface area (Å²) in [7, 11) is 0. The fourth-order valence-corrected chi connectivity index (χ4v) is 1.24. The summed E-state index contributed by atoms with van der Waals surface area (Å²) in [4.78, 5) is 11.6. The number of allylic oxidation sites excluding steroid dienone is 1. The Morgan fingerprint density at radius 2 is 2.12 bits per heavy atom. The minimum Gasteiger partial charge on any atom is -0.378 e. The van der Waals surface area contributed by atoms with Crippen LogP contribution in [0.5, 0.6) is 0 Å². The van der Waals surface area contributed by atoms with Crippen LogP contribution in [-0.4, -0.2) is 12.3 Å². The quantitative estimate of drug-likeness (QED) is 0.353.